The Labute approximate surface area is 195 Å². The molecule has 3 rings (SSSR count). The molecule has 0 fully saturated rings. The Balaban J connectivity index is 1.65. The molecule has 0 bridgehead atoms. The van der Waals surface area contributed by atoms with Crippen molar-refractivity contribution in [2.45, 2.75) is 24.3 Å². The van der Waals surface area contributed by atoms with Gasteiger partial charge in [-0.25, -0.2) is 8.42 Å². The maximum atomic E-state index is 12.7. The largest absolute Gasteiger partial charge is 0.497 e. The lowest BCUT2D eigenvalue weighted by Crippen LogP contribution is -2.32. The maximum absolute atomic E-state index is 12.7. The predicted molar refractivity (Wildman–Crippen MR) is 128 cm³/mol. The second kappa shape index (κ2) is 10.5. The number of carbonyl (C=O) groups excluding carboxylic acids is 1. The molecule has 1 amide bonds. The van der Waals surface area contributed by atoms with Crippen LogP contribution in [0.2, 0.25) is 0 Å². The molecule has 2 N–H and O–H groups in total. The Kier molecular flexibility index (Phi) is 7.76. The number of hydrogen-bond acceptors (Lipinski definition) is 5. The Morgan fingerprint density at radius 3 is 2.22 bits per heavy atom. The molecular weight excluding hydrogens is 496 g/mol. The van der Waals surface area contributed by atoms with Gasteiger partial charge in [-0.1, -0.05) is 28.9 Å². The molecule has 7 nitrogen and oxygen atoms in total. The number of amides is 1. The molecule has 3 aromatic rings. The van der Waals surface area contributed by atoms with Crippen molar-refractivity contribution in [3.8, 4) is 11.5 Å². The van der Waals surface area contributed by atoms with E-state index in [0.717, 1.165) is 4.47 Å². The molecule has 0 aliphatic heterocycles. The van der Waals surface area contributed by atoms with E-state index in [0.29, 0.717) is 29.3 Å². The van der Waals surface area contributed by atoms with Crippen LogP contribution in [0, 0.1) is 0 Å². The van der Waals surface area contributed by atoms with Crippen molar-refractivity contribution >= 4 is 43.2 Å². The van der Waals surface area contributed by atoms with Crippen molar-refractivity contribution in [2.75, 3.05) is 17.1 Å². The number of sulfonamides is 1. The third kappa shape index (κ3) is 6.24. The van der Waals surface area contributed by atoms with Crippen LogP contribution in [0.4, 0.5) is 11.4 Å². The fourth-order valence-electron chi connectivity index (χ4n) is 2.83. The zero-order chi connectivity index (χ0) is 23.1. The van der Waals surface area contributed by atoms with Gasteiger partial charge in [0.2, 0.25) is 0 Å². The molecule has 0 saturated carbocycles. The minimum Gasteiger partial charge on any atom is -0.497 e. The highest BCUT2D eigenvalue weighted by molar-refractivity contribution is 9.10. The summed E-state index contributed by atoms with van der Waals surface area (Å²) in [7, 11) is -2.20. The highest BCUT2D eigenvalue weighted by atomic mass is 79.9. The quantitative estimate of drug-likeness (QED) is 0.413. The maximum Gasteiger partial charge on any atom is 0.265 e. The van der Waals surface area contributed by atoms with Gasteiger partial charge in [-0.3, -0.25) is 9.52 Å². The summed E-state index contributed by atoms with van der Waals surface area (Å²) < 4.78 is 39.5. The molecule has 168 valence electrons. The van der Waals surface area contributed by atoms with E-state index in [1.54, 1.807) is 55.6 Å². The normalized spacial score (nSPS) is 12.0. The van der Waals surface area contributed by atoms with Crippen molar-refractivity contribution in [1.82, 2.24) is 0 Å². The molecule has 3 aromatic carbocycles. The molecular formula is C23H23BrN2O5S. The Hall–Kier alpha value is -3.04. The highest BCUT2D eigenvalue weighted by Gasteiger charge is 2.20. The monoisotopic (exact) mass is 518 g/mol. The smallest absolute Gasteiger partial charge is 0.265 e. The average Bonchev–Trinajstić information content (AvgIpc) is 2.79. The number of ether oxygens (including phenoxy) is 2. The van der Waals surface area contributed by atoms with E-state index in [1.807, 2.05) is 6.92 Å². The summed E-state index contributed by atoms with van der Waals surface area (Å²) in [6.07, 6.45) is -0.267. The summed E-state index contributed by atoms with van der Waals surface area (Å²) in [5.41, 5.74) is 0.913. The number of halogens is 1. The van der Waals surface area contributed by atoms with Gasteiger partial charge in [-0.15, -0.1) is 0 Å². The molecule has 32 heavy (non-hydrogen) atoms. The average molecular weight is 519 g/mol. The number of hydrogen-bond donors (Lipinski definition) is 2. The number of methoxy groups -OCH3 is 1. The van der Waals surface area contributed by atoms with Crippen molar-refractivity contribution in [3.63, 3.8) is 0 Å². The van der Waals surface area contributed by atoms with Gasteiger partial charge in [0.15, 0.2) is 6.10 Å². The first-order chi connectivity index (χ1) is 15.3. The van der Waals surface area contributed by atoms with Crippen molar-refractivity contribution in [2.24, 2.45) is 0 Å². The lowest BCUT2D eigenvalue weighted by atomic mass is 10.2. The molecule has 0 aliphatic rings. The minimum atomic E-state index is -3.75. The number of anilines is 2. The lowest BCUT2D eigenvalue weighted by molar-refractivity contribution is -0.122. The van der Waals surface area contributed by atoms with Gasteiger partial charge in [-0.05, 0) is 67.1 Å². The van der Waals surface area contributed by atoms with Crippen LogP contribution in [0.25, 0.3) is 0 Å². The van der Waals surface area contributed by atoms with Gasteiger partial charge in [0.05, 0.1) is 12.0 Å². The minimum absolute atomic E-state index is 0.0816. The first-order valence-electron chi connectivity index (χ1n) is 9.81. The summed E-state index contributed by atoms with van der Waals surface area (Å²) in [5.74, 6) is 0.817. The van der Waals surface area contributed by atoms with E-state index in [9.17, 15) is 13.2 Å². The number of rotatable bonds is 9. The zero-order valence-corrected chi connectivity index (χ0v) is 19.9. The van der Waals surface area contributed by atoms with E-state index < -0.39 is 16.1 Å². The van der Waals surface area contributed by atoms with E-state index in [4.69, 9.17) is 9.47 Å². The summed E-state index contributed by atoms with van der Waals surface area (Å²) >= 11 is 3.31. The molecule has 0 spiro atoms. The third-order valence-electron chi connectivity index (χ3n) is 4.51. The number of benzene rings is 3. The second-order valence-electron chi connectivity index (χ2n) is 6.82. The van der Waals surface area contributed by atoms with Gasteiger partial charge in [0.25, 0.3) is 15.9 Å². The SMILES string of the molecule is CC[C@H](Oc1cccc(OC)c1)C(=O)Nc1ccc(S(=O)(=O)Nc2ccc(Br)cc2)cc1. The first-order valence-corrected chi connectivity index (χ1v) is 12.1. The van der Waals surface area contributed by atoms with Gasteiger partial charge in [0.1, 0.15) is 11.5 Å². The van der Waals surface area contributed by atoms with Crippen LogP contribution < -0.4 is 19.5 Å². The fourth-order valence-corrected chi connectivity index (χ4v) is 4.16. The molecule has 0 saturated heterocycles. The van der Waals surface area contributed by atoms with Crippen molar-refractivity contribution in [3.05, 3.63) is 77.3 Å². The lowest BCUT2D eigenvalue weighted by Gasteiger charge is -2.18. The molecule has 0 aliphatic carbocycles. The highest BCUT2D eigenvalue weighted by Crippen LogP contribution is 2.22. The van der Waals surface area contributed by atoms with Gasteiger partial charge < -0.3 is 14.8 Å². The van der Waals surface area contributed by atoms with E-state index in [1.165, 1.54) is 24.3 Å². The molecule has 0 heterocycles. The molecule has 0 unspecified atom stereocenters. The molecule has 0 radical (unpaired) electrons. The van der Waals surface area contributed by atoms with Gasteiger partial charge in [0, 0.05) is 21.9 Å². The molecule has 9 heteroatoms. The standard InChI is InChI=1S/C23H23BrN2O5S/c1-3-22(31-20-6-4-5-19(15-20)30-2)23(27)25-17-11-13-21(14-12-17)32(28,29)26-18-9-7-16(24)8-10-18/h4-15,22,26H,3H2,1-2H3,(H,25,27)/t22-/m0/s1. The predicted octanol–water partition coefficient (Wildman–Crippen LogP) is 5.05. The zero-order valence-electron chi connectivity index (χ0n) is 17.5. The van der Waals surface area contributed by atoms with Crippen LogP contribution in [0.15, 0.2) is 82.2 Å². The van der Waals surface area contributed by atoms with Gasteiger partial charge >= 0.3 is 0 Å². The Bertz CT molecular complexity index is 1170. The molecule has 1 atom stereocenters. The van der Waals surface area contributed by atoms with Crippen LogP contribution in [0.1, 0.15) is 13.3 Å². The third-order valence-corrected chi connectivity index (χ3v) is 6.44. The topological polar surface area (TPSA) is 93.7 Å². The van der Waals surface area contributed by atoms with Crippen LogP contribution in [0.3, 0.4) is 0 Å². The summed E-state index contributed by atoms with van der Waals surface area (Å²) in [4.78, 5) is 12.7. The van der Waals surface area contributed by atoms with Crippen LogP contribution in [-0.4, -0.2) is 27.5 Å². The summed E-state index contributed by atoms with van der Waals surface area (Å²) in [6, 6.07) is 19.7. The second-order valence-corrected chi connectivity index (χ2v) is 9.42. The van der Waals surface area contributed by atoms with Gasteiger partial charge in [-0.2, -0.15) is 0 Å². The van der Waals surface area contributed by atoms with Crippen LogP contribution in [0.5, 0.6) is 11.5 Å². The van der Waals surface area contributed by atoms with E-state index in [-0.39, 0.29) is 10.8 Å². The number of nitrogens with one attached hydrogen (secondary N) is 2. The Morgan fingerprint density at radius 2 is 1.59 bits per heavy atom. The summed E-state index contributed by atoms with van der Waals surface area (Å²) in [5, 5.41) is 2.76. The van der Waals surface area contributed by atoms with Crippen LogP contribution in [-0.2, 0) is 14.8 Å². The Morgan fingerprint density at radius 1 is 0.969 bits per heavy atom. The van der Waals surface area contributed by atoms with E-state index >= 15 is 0 Å². The molecule has 0 aromatic heterocycles. The van der Waals surface area contributed by atoms with E-state index in [2.05, 4.69) is 26.0 Å². The van der Waals surface area contributed by atoms with Crippen LogP contribution >= 0.6 is 15.9 Å². The number of carbonyl (C=O) groups is 1. The summed E-state index contributed by atoms with van der Waals surface area (Å²) in [6.45, 7) is 1.84. The van der Waals surface area contributed by atoms with Crippen molar-refractivity contribution < 1.29 is 22.7 Å². The van der Waals surface area contributed by atoms with Crippen molar-refractivity contribution in [1.29, 1.82) is 0 Å². The first kappa shape index (κ1) is 23.6. The fraction of sp³-hybridized carbons (Fsp3) is 0.174.